The topological polar surface area (TPSA) is 76.6 Å². The van der Waals surface area contributed by atoms with Crippen LogP contribution in [0.1, 0.15) is 49.7 Å². The van der Waals surface area contributed by atoms with Gasteiger partial charge in [-0.1, -0.05) is 0 Å². The van der Waals surface area contributed by atoms with Crippen molar-refractivity contribution >= 4 is 29.0 Å². The minimum absolute atomic E-state index is 0.0978. The van der Waals surface area contributed by atoms with Gasteiger partial charge in [0.05, 0.1) is 0 Å². The van der Waals surface area contributed by atoms with E-state index in [4.69, 9.17) is 0 Å². The molecule has 2 N–H and O–H groups in total. The number of alkyl halides is 3. The van der Waals surface area contributed by atoms with E-state index in [0.717, 1.165) is 68.2 Å². The van der Waals surface area contributed by atoms with E-state index in [-0.39, 0.29) is 24.2 Å². The number of piperidine rings is 1. The Morgan fingerprint density at radius 3 is 2.55 bits per heavy atom. The standard InChI is InChI=1S/C27H36F3N7O/c1-19-17-21(36-15-13-35(14-16-36)20-6-7-20)8-9-23(19)33-26-32-18-22(27(28,29)30)25(34-26)31-10-4-12-37-11-3-2-5-24(37)38/h8-9,17-18,20H,2-7,10-16H2,1H3,(H2,31,32,33,34). The number of hydrogen-bond acceptors (Lipinski definition) is 7. The van der Waals surface area contributed by atoms with Gasteiger partial charge < -0.3 is 20.4 Å². The molecule has 0 bridgehead atoms. The molecule has 2 aromatic rings. The molecule has 3 aliphatic rings. The maximum Gasteiger partial charge on any atom is 0.421 e. The Balaban J connectivity index is 1.21. The van der Waals surface area contributed by atoms with Crippen LogP contribution in [0.3, 0.4) is 0 Å². The number of hydrogen-bond donors (Lipinski definition) is 2. The lowest BCUT2D eigenvalue weighted by Crippen LogP contribution is -2.47. The molecule has 1 aliphatic carbocycles. The molecule has 3 heterocycles. The number of likely N-dealkylation sites (tertiary alicyclic amines) is 1. The number of rotatable bonds is 9. The second-order valence-corrected chi connectivity index (χ2v) is 10.5. The Kier molecular flexibility index (Phi) is 7.92. The number of aromatic nitrogens is 2. The summed E-state index contributed by atoms with van der Waals surface area (Å²) in [7, 11) is 0. The zero-order chi connectivity index (χ0) is 26.7. The van der Waals surface area contributed by atoms with Gasteiger partial charge >= 0.3 is 6.18 Å². The molecule has 1 aromatic carbocycles. The molecule has 11 heteroatoms. The minimum Gasteiger partial charge on any atom is -0.369 e. The fourth-order valence-corrected chi connectivity index (χ4v) is 5.25. The third-order valence-electron chi connectivity index (χ3n) is 7.61. The van der Waals surface area contributed by atoms with E-state index >= 15 is 0 Å². The Labute approximate surface area is 221 Å². The summed E-state index contributed by atoms with van der Waals surface area (Å²) in [5, 5.41) is 5.91. The molecule has 0 spiro atoms. The zero-order valence-electron chi connectivity index (χ0n) is 21.9. The van der Waals surface area contributed by atoms with Crippen LogP contribution in [-0.2, 0) is 11.0 Å². The smallest absolute Gasteiger partial charge is 0.369 e. The SMILES string of the molecule is Cc1cc(N2CCN(C3CC3)CC2)ccc1Nc1ncc(C(F)(F)F)c(NCCCN2CCCCC2=O)n1. The van der Waals surface area contributed by atoms with Crippen LogP contribution in [0.4, 0.5) is 36.3 Å². The molecule has 0 unspecified atom stereocenters. The summed E-state index contributed by atoms with van der Waals surface area (Å²) >= 11 is 0. The second kappa shape index (κ2) is 11.3. The molecule has 8 nitrogen and oxygen atoms in total. The normalized spacial score (nSPS) is 19.1. The number of benzene rings is 1. The summed E-state index contributed by atoms with van der Waals surface area (Å²) in [5.41, 5.74) is 1.96. The fourth-order valence-electron chi connectivity index (χ4n) is 5.25. The summed E-state index contributed by atoms with van der Waals surface area (Å²) in [6.07, 6.45) is 1.83. The number of nitrogens with zero attached hydrogens (tertiary/aromatic N) is 5. The number of carbonyl (C=O) groups excluding carboxylic acids is 1. The average Bonchev–Trinajstić information content (AvgIpc) is 3.74. The summed E-state index contributed by atoms with van der Waals surface area (Å²) in [6.45, 7) is 7.61. The van der Waals surface area contributed by atoms with Crippen LogP contribution in [0.25, 0.3) is 0 Å². The van der Waals surface area contributed by atoms with E-state index < -0.39 is 11.7 Å². The summed E-state index contributed by atoms with van der Waals surface area (Å²) in [6, 6.07) is 6.85. The first-order chi connectivity index (χ1) is 18.3. The van der Waals surface area contributed by atoms with Crippen LogP contribution >= 0.6 is 0 Å². The van der Waals surface area contributed by atoms with E-state index in [9.17, 15) is 18.0 Å². The number of aryl methyl sites for hydroxylation is 1. The van der Waals surface area contributed by atoms with E-state index in [2.05, 4.69) is 36.5 Å². The highest BCUT2D eigenvalue weighted by atomic mass is 19.4. The van der Waals surface area contributed by atoms with E-state index in [1.54, 1.807) is 4.90 Å². The quantitative estimate of drug-likeness (QED) is 0.457. The molecule has 3 fully saturated rings. The van der Waals surface area contributed by atoms with Crippen molar-refractivity contribution in [3.63, 3.8) is 0 Å². The molecule has 0 radical (unpaired) electrons. The van der Waals surface area contributed by atoms with Gasteiger partial charge in [-0.3, -0.25) is 9.69 Å². The Hall–Kier alpha value is -3.08. The van der Waals surface area contributed by atoms with Gasteiger partial charge in [0.1, 0.15) is 11.4 Å². The number of anilines is 4. The van der Waals surface area contributed by atoms with Gasteiger partial charge in [-0.25, -0.2) is 4.98 Å². The molecular formula is C27H36F3N7O. The van der Waals surface area contributed by atoms with Crippen molar-refractivity contribution in [1.82, 2.24) is 19.8 Å². The molecule has 1 saturated carbocycles. The van der Waals surface area contributed by atoms with Gasteiger partial charge in [-0.05, 0) is 62.8 Å². The molecule has 38 heavy (non-hydrogen) atoms. The maximum atomic E-state index is 13.6. The third kappa shape index (κ3) is 6.48. The summed E-state index contributed by atoms with van der Waals surface area (Å²) in [5.74, 6) is -0.0500. The predicted octanol–water partition coefficient (Wildman–Crippen LogP) is 4.65. The second-order valence-electron chi connectivity index (χ2n) is 10.5. The van der Waals surface area contributed by atoms with Crippen molar-refractivity contribution in [2.75, 3.05) is 61.3 Å². The van der Waals surface area contributed by atoms with Crippen LogP contribution < -0.4 is 15.5 Å². The monoisotopic (exact) mass is 531 g/mol. The molecule has 5 rings (SSSR count). The molecule has 1 aromatic heterocycles. The van der Waals surface area contributed by atoms with Crippen LogP contribution in [0, 0.1) is 6.92 Å². The van der Waals surface area contributed by atoms with Gasteiger partial charge in [-0.2, -0.15) is 18.2 Å². The summed E-state index contributed by atoms with van der Waals surface area (Å²) in [4.78, 5) is 26.8. The number of nitrogens with one attached hydrogen (secondary N) is 2. The highest BCUT2D eigenvalue weighted by Gasteiger charge is 2.35. The highest BCUT2D eigenvalue weighted by Crippen LogP contribution is 2.35. The van der Waals surface area contributed by atoms with Gasteiger partial charge in [0, 0.05) is 75.8 Å². The van der Waals surface area contributed by atoms with E-state index in [1.807, 2.05) is 19.1 Å². The molecule has 206 valence electrons. The van der Waals surface area contributed by atoms with Gasteiger partial charge in [0.15, 0.2) is 0 Å². The molecular weight excluding hydrogens is 495 g/mol. The number of carbonyl (C=O) groups is 1. The first kappa shape index (κ1) is 26.5. The first-order valence-corrected chi connectivity index (χ1v) is 13.6. The van der Waals surface area contributed by atoms with E-state index in [1.165, 1.54) is 12.8 Å². The van der Waals surface area contributed by atoms with Crippen LogP contribution in [-0.4, -0.2) is 77.5 Å². The lowest BCUT2D eigenvalue weighted by molar-refractivity contribution is -0.137. The lowest BCUT2D eigenvalue weighted by Gasteiger charge is -2.36. The zero-order valence-corrected chi connectivity index (χ0v) is 21.9. The molecule has 2 saturated heterocycles. The van der Waals surface area contributed by atoms with Crippen molar-refractivity contribution in [2.24, 2.45) is 0 Å². The van der Waals surface area contributed by atoms with Gasteiger partial charge in [-0.15, -0.1) is 0 Å². The van der Waals surface area contributed by atoms with Crippen LogP contribution in [0.15, 0.2) is 24.4 Å². The minimum atomic E-state index is -4.58. The maximum absolute atomic E-state index is 13.6. The molecule has 2 aliphatic heterocycles. The highest BCUT2D eigenvalue weighted by molar-refractivity contribution is 5.76. The number of piperazine rings is 1. The number of halogens is 3. The Morgan fingerprint density at radius 1 is 1.08 bits per heavy atom. The van der Waals surface area contributed by atoms with E-state index in [0.29, 0.717) is 25.9 Å². The van der Waals surface area contributed by atoms with Crippen LogP contribution in [0.2, 0.25) is 0 Å². The van der Waals surface area contributed by atoms with Gasteiger partial charge in [0.2, 0.25) is 11.9 Å². The number of amides is 1. The van der Waals surface area contributed by atoms with Crippen molar-refractivity contribution in [2.45, 2.75) is 57.7 Å². The largest absolute Gasteiger partial charge is 0.421 e. The van der Waals surface area contributed by atoms with Crippen molar-refractivity contribution < 1.29 is 18.0 Å². The lowest BCUT2D eigenvalue weighted by atomic mass is 10.1. The van der Waals surface area contributed by atoms with Crippen molar-refractivity contribution in [1.29, 1.82) is 0 Å². The van der Waals surface area contributed by atoms with Crippen molar-refractivity contribution in [3.8, 4) is 0 Å². The molecule has 1 amide bonds. The average molecular weight is 532 g/mol. The summed E-state index contributed by atoms with van der Waals surface area (Å²) < 4.78 is 40.8. The van der Waals surface area contributed by atoms with Crippen LogP contribution in [0.5, 0.6) is 0 Å². The first-order valence-electron chi connectivity index (χ1n) is 13.6. The van der Waals surface area contributed by atoms with Gasteiger partial charge in [0.25, 0.3) is 0 Å². The third-order valence-corrected chi connectivity index (χ3v) is 7.61. The Bertz CT molecular complexity index is 1130. The Morgan fingerprint density at radius 2 is 1.87 bits per heavy atom. The predicted molar refractivity (Wildman–Crippen MR) is 142 cm³/mol. The molecule has 0 atom stereocenters. The van der Waals surface area contributed by atoms with Crippen molar-refractivity contribution in [3.05, 3.63) is 35.5 Å². The fraction of sp³-hybridized carbons (Fsp3) is 0.593.